The van der Waals surface area contributed by atoms with E-state index in [9.17, 15) is 14.9 Å². The van der Waals surface area contributed by atoms with Crippen LogP contribution >= 0.6 is 27.5 Å². The van der Waals surface area contributed by atoms with E-state index in [0.29, 0.717) is 10.8 Å². The summed E-state index contributed by atoms with van der Waals surface area (Å²) in [5.41, 5.74) is 2.41. The first kappa shape index (κ1) is 22.8. The molecule has 8 nitrogen and oxygen atoms in total. The van der Waals surface area contributed by atoms with Crippen LogP contribution in [0, 0.1) is 30.9 Å². The molecule has 162 valence electrons. The normalized spacial score (nSPS) is 11.8. The van der Waals surface area contributed by atoms with E-state index < -0.39 is 11.0 Å². The van der Waals surface area contributed by atoms with Gasteiger partial charge in [-0.05, 0) is 67.4 Å². The van der Waals surface area contributed by atoms with Gasteiger partial charge in [-0.2, -0.15) is 5.10 Å². The summed E-state index contributed by atoms with van der Waals surface area (Å²) in [5, 5.41) is 19.1. The first-order valence-corrected chi connectivity index (χ1v) is 10.5. The van der Waals surface area contributed by atoms with Crippen molar-refractivity contribution in [1.82, 2.24) is 9.78 Å². The van der Waals surface area contributed by atoms with Gasteiger partial charge < -0.3 is 10.1 Å². The molecule has 0 aliphatic carbocycles. The number of hydrogen-bond donors (Lipinski definition) is 1. The number of anilines is 1. The molecule has 1 aromatic heterocycles. The number of amides is 1. The number of nitro benzene ring substituents is 1. The molecular weight excluding hydrogens is 488 g/mol. The molecule has 1 unspecified atom stereocenters. The number of nitrogens with one attached hydrogen (secondary N) is 1. The molecule has 0 aliphatic heterocycles. The number of aromatic nitrogens is 2. The van der Waals surface area contributed by atoms with Gasteiger partial charge in [0.15, 0.2) is 0 Å². The molecular formula is C21H20BrClN4O4. The second-order valence-corrected chi connectivity index (χ2v) is 8.28. The highest BCUT2D eigenvalue weighted by Crippen LogP contribution is 2.32. The van der Waals surface area contributed by atoms with Crippen LogP contribution in [0.4, 0.5) is 11.4 Å². The van der Waals surface area contributed by atoms with E-state index in [1.165, 1.54) is 18.2 Å². The molecule has 0 saturated heterocycles. The van der Waals surface area contributed by atoms with Crippen LogP contribution in [0.2, 0.25) is 5.02 Å². The highest BCUT2D eigenvalue weighted by atomic mass is 79.9. The quantitative estimate of drug-likeness (QED) is 0.320. The van der Waals surface area contributed by atoms with Crippen LogP contribution in [-0.2, 0) is 4.79 Å². The van der Waals surface area contributed by atoms with Gasteiger partial charge in [0.1, 0.15) is 17.5 Å². The second-order valence-electron chi connectivity index (χ2n) is 7.08. The SMILES string of the molecule is Cc1cc(Oc2cc(NC(=O)C(C)n3nc(C)c(Br)c3C)cc([N+](=O)[O-])c2)ccc1Cl. The summed E-state index contributed by atoms with van der Waals surface area (Å²) in [4.78, 5) is 23.6. The van der Waals surface area contributed by atoms with Gasteiger partial charge in [0.2, 0.25) is 5.91 Å². The molecule has 31 heavy (non-hydrogen) atoms. The summed E-state index contributed by atoms with van der Waals surface area (Å²) >= 11 is 9.48. The molecule has 0 fully saturated rings. The Labute approximate surface area is 192 Å². The third-order valence-electron chi connectivity index (χ3n) is 4.72. The lowest BCUT2D eigenvalue weighted by Crippen LogP contribution is -2.25. The second kappa shape index (κ2) is 9.07. The number of rotatable bonds is 6. The number of aryl methyl sites for hydroxylation is 2. The van der Waals surface area contributed by atoms with Crippen LogP contribution in [0.1, 0.15) is 29.9 Å². The number of halogens is 2. The van der Waals surface area contributed by atoms with Gasteiger partial charge in [0.05, 0.1) is 32.5 Å². The fourth-order valence-electron chi connectivity index (χ4n) is 3.01. The Kier molecular flexibility index (Phi) is 6.66. The Balaban J connectivity index is 1.87. The Morgan fingerprint density at radius 3 is 2.52 bits per heavy atom. The molecule has 1 amide bonds. The Bertz CT molecular complexity index is 1180. The van der Waals surface area contributed by atoms with Gasteiger partial charge in [-0.15, -0.1) is 0 Å². The van der Waals surface area contributed by atoms with E-state index in [2.05, 4.69) is 26.3 Å². The number of nitrogens with zero attached hydrogens (tertiary/aromatic N) is 3. The van der Waals surface area contributed by atoms with E-state index in [0.717, 1.165) is 21.4 Å². The highest BCUT2D eigenvalue weighted by Gasteiger charge is 2.22. The molecule has 0 radical (unpaired) electrons. The van der Waals surface area contributed by atoms with Crippen molar-refractivity contribution in [2.24, 2.45) is 0 Å². The molecule has 2 aromatic carbocycles. The molecule has 1 heterocycles. The molecule has 3 aromatic rings. The fraction of sp³-hybridized carbons (Fsp3) is 0.238. The standard InChI is InChI=1S/C21H20BrClN4O4/c1-11-7-17(5-6-19(11)23)31-18-9-15(8-16(10-18)27(29)30)24-21(28)14(4)26-13(3)20(22)12(2)25-26/h5-10,14H,1-4H3,(H,24,28). The van der Waals surface area contributed by atoms with Crippen LogP contribution in [0.25, 0.3) is 0 Å². The molecule has 1 atom stereocenters. The summed E-state index contributed by atoms with van der Waals surface area (Å²) in [6.45, 7) is 7.21. The summed E-state index contributed by atoms with van der Waals surface area (Å²) in [7, 11) is 0. The van der Waals surface area contributed by atoms with Crippen molar-refractivity contribution in [3.63, 3.8) is 0 Å². The maximum absolute atomic E-state index is 12.8. The van der Waals surface area contributed by atoms with E-state index in [1.54, 1.807) is 29.8 Å². The summed E-state index contributed by atoms with van der Waals surface area (Å²) in [6.07, 6.45) is 0. The molecule has 0 saturated carbocycles. The molecule has 1 N–H and O–H groups in total. The number of hydrogen-bond acceptors (Lipinski definition) is 5. The van der Waals surface area contributed by atoms with Crippen molar-refractivity contribution in [1.29, 1.82) is 0 Å². The Morgan fingerprint density at radius 1 is 1.23 bits per heavy atom. The maximum Gasteiger partial charge on any atom is 0.275 e. The average Bonchev–Trinajstić information content (AvgIpc) is 2.97. The van der Waals surface area contributed by atoms with Gasteiger partial charge in [-0.3, -0.25) is 19.6 Å². The maximum atomic E-state index is 12.8. The van der Waals surface area contributed by atoms with Gasteiger partial charge in [0.25, 0.3) is 5.69 Å². The summed E-state index contributed by atoms with van der Waals surface area (Å²) in [5.74, 6) is 0.320. The zero-order valence-electron chi connectivity index (χ0n) is 17.3. The van der Waals surface area contributed by atoms with Crippen molar-refractivity contribution in [2.45, 2.75) is 33.7 Å². The number of ether oxygens (including phenoxy) is 1. The van der Waals surface area contributed by atoms with Gasteiger partial charge in [0, 0.05) is 17.2 Å². The number of non-ortho nitro benzene ring substituents is 1. The summed E-state index contributed by atoms with van der Waals surface area (Å²) < 4.78 is 8.20. The predicted molar refractivity (Wildman–Crippen MR) is 122 cm³/mol. The van der Waals surface area contributed by atoms with Crippen molar-refractivity contribution >= 4 is 44.8 Å². The minimum Gasteiger partial charge on any atom is -0.457 e. The predicted octanol–water partition coefficient (Wildman–Crippen LogP) is 6.12. The minimum atomic E-state index is -0.632. The molecule has 10 heteroatoms. The Hall–Kier alpha value is -2.91. The number of benzene rings is 2. The van der Waals surface area contributed by atoms with E-state index in [1.807, 2.05) is 20.8 Å². The zero-order valence-corrected chi connectivity index (χ0v) is 19.6. The topological polar surface area (TPSA) is 99.3 Å². The van der Waals surface area contributed by atoms with Gasteiger partial charge >= 0.3 is 0 Å². The third kappa shape index (κ3) is 5.05. The number of nitro groups is 1. The third-order valence-corrected chi connectivity index (χ3v) is 6.29. The lowest BCUT2D eigenvalue weighted by atomic mass is 10.2. The van der Waals surface area contributed by atoms with Crippen molar-refractivity contribution < 1.29 is 14.5 Å². The summed E-state index contributed by atoms with van der Waals surface area (Å²) in [6, 6.07) is 8.53. The van der Waals surface area contributed by atoms with Crippen LogP contribution in [-0.4, -0.2) is 20.6 Å². The molecule has 3 rings (SSSR count). The lowest BCUT2D eigenvalue weighted by Gasteiger charge is -2.15. The van der Waals surface area contributed by atoms with Crippen molar-refractivity contribution in [3.05, 3.63) is 73.0 Å². The first-order valence-electron chi connectivity index (χ1n) is 9.32. The Morgan fingerprint density at radius 2 is 1.94 bits per heavy atom. The van der Waals surface area contributed by atoms with Crippen molar-refractivity contribution in [3.8, 4) is 11.5 Å². The fourth-order valence-corrected chi connectivity index (χ4v) is 3.39. The number of carbonyl (C=O) groups is 1. The highest BCUT2D eigenvalue weighted by molar-refractivity contribution is 9.10. The van der Waals surface area contributed by atoms with Gasteiger partial charge in [-0.25, -0.2) is 0 Å². The average molecular weight is 508 g/mol. The van der Waals surface area contributed by atoms with E-state index in [-0.39, 0.29) is 23.0 Å². The van der Waals surface area contributed by atoms with Crippen LogP contribution in [0.5, 0.6) is 11.5 Å². The molecule has 0 aliphatic rings. The van der Waals surface area contributed by atoms with Crippen LogP contribution in [0.3, 0.4) is 0 Å². The van der Waals surface area contributed by atoms with Gasteiger partial charge in [-0.1, -0.05) is 11.6 Å². The zero-order chi connectivity index (χ0) is 22.9. The smallest absolute Gasteiger partial charge is 0.275 e. The van der Waals surface area contributed by atoms with Crippen LogP contribution < -0.4 is 10.1 Å². The minimum absolute atomic E-state index is 0.208. The van der Waals surface area contributed by atoms with Crippen molar-refractivity contribution in [2.75, 3.05) is 5.32 Å². The molecule has 0 spiro atoms. The lowest BCUT2D eigenvalue weighted by molar-refractivity contribution is -0.384. The molecule has 0 bridgehead atoms. The monoisotopic (exact) mass is 506 g/mol. The largest absolute Gasteiger partial charge is 0.457 e. The number of carbonyl (C=O) groups excluding carboxylic acids is 1. The van der Waals surface area contributed by atoms with Crippen LogP contribution in [0.15, 0.2) is 40.9 Å². The van der Waals surface area contributed by atoms with E-state index in [4.69, 9.17) is 16.3 Å². The van der Waals surface area contributed by atoms with E-state index >= 15 is 0 Å². The first-order chi connectivity index (χ1) is 14.6.